The fraction of sp³-hybridized carbons (Fsp3) is 0.100. The van der Waals surface area contributed by atoms with Crippen molar-refractivity contribution in [3.05, 3.63) is 42.2 Å². The van der Waals surface area contributed by atoms with E-state index < -0.39 is 0 Å². The Labute approximate surface area is 72.3 Å². The molecule has 1 aromatic heterocycles. The van der Waals surface area contributed by atoms with E-state index >= 15 is 0 Å². The normalized spacial score (nSPS) is 9.75. The third kappa shape index (κ3) is 1.33. The van der Waals surface area contributed by atoms with E-state index in [1.54, 1.807) is 7.13 Å². The topological polar surface area (TPSA) is 13.1 Å². The average Bonchev–Trinajstić information content (AvgIpc) is 2.54. The van der Waals surface area contributed by atoms with Crippen LogP contribution in [0.2, 0.25) is 0 Å². The van der Waals surface area contributed by atoms with E-state index in [9.17, 15) is 0 Å². The summed E-state index contributed by atoms with van der Waals surface area (Å²) in [7, 11) is 1.78. The Kier molecular flexibility index (Phi) is 1.82. The van der Waals surface area contributed by atoms with Gasteiger partial charge in [0.15, 0.2) is 0 Å². The van der Waals surface area contributed by atoms with E-state index in [2.05, 4.69) is 12.1 Å². The Morgan fingerprint density at radius 2 is 1.92 bits per heavy atom. The van der Waals surface area contributed by atoms with Crippen molar-refractivity contribution in [1.82, 2.24) is 0 Å². The van der Waals surface area contributed by atoms with Gasteiger partial charge < -0.3 is 0 Å². The van der Waals surface area contributed by atoms with Crippen LogP contribution < -0.4 is 0 Å². The summed E-state index contributed by atoms with van der Waals surface area (Å²) in [5, 5.41) is 0. The monoisotopic (exact) mass is 156 g/mol. The first-order chi connectivity index (χ1) is 5.86. The molecule has 0 aliphatic carbocycles. The standard InChI is InChI=1S/C10H9BO/c1-8-7-10(11-12-8)9-5-3-2-4-6-9/h2-7H,1H3. The van der Waals surface area contributed by atoms with Crippen LogP contribution in [0.1, 0.15) is 5.76 Å². The van der Waals surface area contributed by atoms with Crippen molar-refractivity contribution in [3.8, 4) is 11.0 Å². The molecule has 2 heteroatoms. The molecule has 2 aromatic rings. The van der Waals surface area contributed by atoms with Gasteiger partial charge in [0.1, 0.15) is 0 Å². The number of hydrogen-bond acceptors (Lipinski definition) is 1. The number of hydrogen-bond donors (Lipinski definition) is 0. The van der Waals surface area contributed by atoms with Gasteiger partial charge in [0.25, 0.3) is 0 Å². The second-order valence-electron chi connectivity index (χ2n) is 2.81. The second-order valence-corrected chi connectivity index (χ2v) is 2.81. The molecule has 0 radical (unpaired) electrons. The number of rotatable bonds is 1. The molecule has 0 unspecified atom stereocenters. The first-order valence-electron chi connectivity index (χ1n) is 3.97. The Bertz CT molecular complexity index is 364. The molecule has 0 aliphatic heterocycles. The number of benzene rings is 1. The zero-order valence-electron chi connectivity index (χ0n) is 6.95. The molecule has 0 amide bonds. The molecule has 12 heavy (non-hydrogen) atoms. The number of aryl methyl sites for hydroxylation is 1. The average molecular weight is 156 g/mol. The van der Waals surface area contributed by atoms with Crippen molar-refractivity contribution in [1.29, 1.82) is 0 Å². The summed E-state index contributed by atoms with van der Waals surface area (Å²) < 4.78 is 5.22. The summed E-state index contributed by atoms with van der Waals surface area (Å²) >= 11 is 0. The first kappa shape index (κ1) is 7.35. The molecule has 0 fully saturated rings. The van der Waals surface area contributed by atoms with Gasteiger partial charge in [-0.1, -0.05) is 0 Å². The second kappa shape index (κ2) is 2.98. The molecule has 1 heterocycles. The Hall–Kier alpha value is -1.31. The van der Waals surface area contributed by atoms with Crippen LogP contribution in [0.3, 0.4) is 0 Å². The molecule has 2 rings (SSSR count). The van der Waals surface area contributed by atoms with Crippen molar-refractivity contribution in [2.45, 2.75) is 6.92 Å². The van der Waals surface area contributed by atoms with Gasteiger partial charge in [-0.25, -0.2) is 0 Å². The maximum absolute atomic E-state index is 5.22. The predicted octanol–water partition coefficient (Wildman–Crippen LogP) is 2.59. The summed E-state index contributed by atoms with van der Waals surface area (Å²) in [6.45, 7) is 1.95. The fourth-order valence-electron chi connectivity index (χ4n) is 1.23. The van der Waals surface area contributed by atoms with E-state index in [1.165, 1.54) is 5.56 Å². The molecule has 0 aliphatic rings. The van der Waals surface area contributed by atoms with E-state index in [-0.39, 0.29) is 0 Å². The third-order valence-electron chi connectivity index (χ3n) is 1.84. The van der Waals surface area contributed by atoms with Gasteiger partial charge in [-0.15, -0.1) is 0 Å². The van der Waals surface area contributed by atoms with Crippen LogP contribution in [0.4, 0.5) is 0 Å². The predicted molar refractivity (Wildman–Crippen MR) is 50.2 cm³/mol. The molecule has 0 bridgehead atoms. The van der Waals surface area contributed by atoms with E-state index in [1.807, 2.05) is 31.2 Å². The SMILES string of the molecule is Cc1cc(-c2ccccc2)bo1. The van der Waals surface area contributed by atoms with Gasteiger partial charge in [0, 0.05) is 0 Å². The van der Waals surface area contributed by atoms with E-state index in [0.29, 0.717) is 0 Å². The molecular formula is C10H9BO. The van der Waals surface area contributed by atoms with Gasteiger partial charge >= 0.3 is 71.6 Å². The van der Waals surface area contributed by atoms with Crippen molar-refractivity contribution in [2.24, 2.45) is 0 Å². The van der Waals surface area contributed by atoms with Crippen molar-refractivity contribution in [2.75, 3.05) is 0 Å². The minimum atomic E-state index is 0.953. The Morgan fingerprint density at radius 1 is 1.17 bits per heavy atom. The molecule has 0 atom stereocenters. The van der Waals surface area contributed by atoms with E-state index in [4.69, 9.17) is 4.33 Å². The van der Waals surface area contributed by atoms with Crippen LogP contribution in [-0.2, 0) is 0 Å². The minimum absolute atomic E-state index is 0.953. The third-order valence-corrected chi connectivity index (χ3v) is 1.84. The fourth-order valence-corrected chi connectivity index (χ4v) is 1.23. The van der Waals surface area contributed by atoms with Gasteiger partial charge in [-0.05, 0) is 0 Å². The van der Waals surface area contributed by atoms with Crippen LogP contribution >= 0.6 is 0 Å². The zero-order chi connectivity index (χ0) is 8.39. The Balaban J connectivity index is 2.45. The zero-order valence-corrected chi connectivity index (χ0v) is 6.95. The molecule has 0 N–H and O–H groups in total. The van der Waals surface area contributed by atoms with Crippen molar-refractivity contribution >= 4 is 7.13 Å². The van der Waals surface area contributed by atoms with Crippen molar-refractivity contribution in [3.63, 3.8) is 0 Å². The van der Waals surface area contributed by atoms with Crippen LogP contribution in [0.25, 0.3) is 11.0 Å². The molecule has 0 spiro atoms. The first-order valence-corrected chi connectivity index (χ1v) is 3.97. The summed E-state index contributed by atoms with van der Waals surface area (Å²) in [4.78, 5) is 0. The molecule has 0 saturated heterocycles. The maximum atomic E-state index is 5.22. The van der Waals surface area contributed by atoms with Gasteiger partial charge in [0.2, 0.25) is 0 Å². The quantitative estimate of drug-likeness (QED) is 0.618. The summed E-state index contributed by atoms with van der Waals surface area (Å²) in [6.07, 6.45) is 0. The van der Waals surface area contributed by atoms with Crippen LogP contribution in [0.15, 0.2) is 40.7 Å². The molecule has 0 saturated carbocycles. The van der Waals surface area contributed by atoms with Gasteiger partial charge in [-0.2, -0.15) is 0 Å². The molecule has 1 aromatic carbocycles. The molecule has 1 nitrogen and oxygen atoms in total. The summed E-state index contributed by atoms with van der Waals surface area (Å²) in [5.74, 6) is 0.953. The van der Waals surface area contributed by atoms with Gasteiger partial charge in [0.05, 0.1) is 0 Å². The summed E-state index contributed by atoms with van der Waals surface area (Å²) in [5.41, 5.74) is 2.35. The van der Waals surface area contributed by atoms with Crippen LogP contribution in [-0.4, -0.2) is 7.13 Å². The van der Waals surface area contributed by atoms with Crippen LogP contribution in [0, 0.1) is 6.92 Å². The molecule has 58 valence electrons. The Morgan fingerprint density at radius 3 is 2.50 bits per heavy atom. The van der Waals surface area contributed by atoms with Crippen LogP contribution in [0.5, 0.6) is 0 Å². The van der Waals surface area contributed by atoms with Gasteiger partial charge in [-0.3, -0.25) is 0 Å². The summed E-state index contributed by atoms with van der Waals surface area (Å²) in [6, 6.07) is 12.2. The van der Waals surface area contributed by atoms with Crippen molar-refractivity contribution < 1.29 is 4.33 Å². The molecular weight excluding hydrogens is 147 g/mol. The van der Waals surface area contributed by atoms with E-state index in [0.717, 1.165) is 11.2 Å².